The monoisotopic (exact) mass is 268 g/mol. The molecule has 0 amide bonds. The molecular formula is C14H11ClF2O. The first kappa shape index (κ1) is 13.0. The summed E-state index contributed by atoms with van der Waals surface area (Å²) in [5, 5.41) is 10.4. The fourth-order valence-electron chi connectivity index (χ4n) is 1.76. The normalized spacial score (nSPS) is 12.4. The molecule has 0 heterocycles. The van der Waals surface area contributed by atoms with Gasteiger partial charge in [0.05, 0.1) is 6.10 Å². The van der Waals surface area contributed by atoms with E-state index < -0.39 is 17.7 Å². The van der Waals surface area contributed by atoms with Crippen molar-refractivity contribution in [3.8, 4) is 0 Å². The van der Waals surface area contributed by atoms with Crippen molar-refractivity contribution in [1.29, 1.82) is 0 Å². The Labute approximate surface area is 109 Å². The van der Waals surface area contributed by atoms with Crippen molar-refractivity contribution in [3.63, 3.8) is 0 Å². The summed E-state index contributed by atoms with van der Waals surface area (Å²) in [5.74, 6) is -1.07. The number of aliphatic hydroxyl groups is 1. The molecule has 94 valence electrons. The van der Waals surface area contributed by atoms with Crippen molar-refractivity contribution < 1.29 is 13.9 Å². The predicted octanol–water partition coefficient (Wildman–Crippen LogP) is 3.89. The summed E-state index contributed by atoms with van der Waals surface area (Å²) in [7, 11) is 0. The summed E-state index contributed by atoms with van der Waals surface area (Å²) in [6.07, 6.45) is -0.983. The van der Waals surface area contributed by atoms with Crippen LogP contribution in [0.25, 0.3) is 0 Å². The average Bonchev–Trinajstić information content (AvgIpc) is 2.34. The minimum Gasteiger partial charge on any atom is -0.388 e. The van der Waals surface area contributed by atoms with Gasteiger partial charge in [-0.25, -0.2) is 8.78 Å². The third-order valence-corrected chi connectivity index (χ3v) is 3.03. The Balaban J connectivity index is 2.24. The van der Waals surface area contributed by atoms with Crippen LogP contribution in [0.1, 0.15) is 17.2 Å². The molecule has 2 aromatic rings. The third-order valence-electron chi connectivity index (χ3n) is 2.69. The van der Waals surface area contributed by atoms with Gasteiger partial charge in [-0.1, -0.05) is 29.8 Å². The van der Waals surface area contributed by atoms with Crippen LogP contribution >= 0.6 is 11.6 Å². The Bertz CT molecular complexity index is 557. The van der Waals surface area contributed by atoms with Gasteiger partial charge in [0.1, 0.15) is 11.6 Å². The Morgan fingerprint density at radius 2 is 1.83 bits per heavy atom. The van der Waals surface area contributed by atoms with Gasteiger partial charge in [0, 0.05) is 11.4 Å². The molecular weight excluding hydrogens is 258 g/mol. The molecule has 1 atom stereocenters. The van der Waals surface area contributed by atoms with E-state index in [2.05, 4.69) is 0 Å². The zero-order chi connectivity index (χ0) is 13.1. The maximum atomic E-state index is 13.4. The molecule has 2 aromatic carbocycles. The summed E-state index contributed by atoms with van der Waals surface area (Å²) < 4.78 is 26.4. The summed E-state index contributed by atoms with van der Waals surface area (Å²) in [6.45, 7) is 0. The largest absolute Gasteiger partial charge is 0.388 e. The van der Waals surface area contributed by atoms with Crippen molar-refractivity contribution in [2.45, 2.75) is 12.5 Å². The van der Waals surface area contributed by atoms with Crippen LogP contribution in [0.15, 0.2) is 42.5 Å². The maximum absolute atomic E-state index is 13.4. The van der Waals surface area contributed by atoms with E-state index in [1.54, 1.807) is 24.3 Å². The van der Waals surface area contributed by atoms with Crippen LogP contribution in [0.2, 0.25) is 5.02 Å². The summed E-state index contributed by atoms with van der Waals surface area (Å²) in [6, 6.07) is 9.93. The standard InChI is InChI=1S/C14H11ClF2O/c15-12-4-2-1-3-11(12)14(18)8-9-7-10(16)5-6-13(9)17/h1-7,14,18H,8H2. The van der Waals surface area contributed by atoms with Crippen LogP contribution in [-0.2, 0) is 6.42 Å². The lowest BCUT2D eigenvalue weighted by molar-refractivity contribution is 0.177. The van der Waals surface area contributed by atoms with Gasteiger partial charge in [0.2, 0.25) is 0 Å². The molecule has 18 heavy (non-hydrogen) atoms. The van der Waals surface area contributed by atoms with Crippen molar-refractivity contribution >= 4 is 11.6 Å². The van der Waals surface area contributed by atoms with Gasteiger partial charge in [-0.15, -0.1) is 0 Å². The van der Waals surface area contributed by atoms with E-state index in [0.29, 0.717) is 10.6 Å². The van der Waals surface area contributed by atoms with E-state index in [4.69, 9.17) is 11.6 Å². The lowest BCUT2D eigenvalue weighted by Gasteiger charge is -2.13. The smallest absolute Gasteiger partial charge is 0.126 e. The van der Waals surface area contributed by atoms with E-state index in [9.17, 15) is 13.9 Å². The molecule has 0 aliphatic carbocycles. The molecule has 1 N–H and O–H groups in total. The summed E-state index contributed by atoms with van der Waals surface area (Å²) in [4.78, 5) is 0. The molecule has 1 nitrogen and oxygen atoms in total. The highest BCUT2D eigenvalue weighted by Crippen LogP contribution is 2.26. The Morgan fingerprint density at radius 3 is 2.56 bits per heavy atom. The van der Waals surface area contributed by atoms with E-state index >= 15 is 0 Å². The van der Waals surface area contributed by atoms with E-state index in [-0.39, 0.29) is 12.0 Å². The molecule has 0 radical (unpaired) electrons. The Kier molecular flexibility index (Phi) is 3.94. The van der Waals surface area contributed by atoms with Crippen LogP contribution in [0.5, 0.6) is 0 Å². The molecule has 0 fully saturated rings. The quantitative estimate of drug-likeness (QED) is 0.895. The van der Waals surface area contributed by atoms with Crippen molar-refractivity contribution in [3.05, 3.63) is 70.2 Å². The van der Waals surface area contributed by atoms with Crippen molar-refractivity contribution in [2.24, 2.45) is 0 Å². The highest BCUT2D eigenvalue weighted by Gasteiger charge is 2.14. The zero-order valence-corrected chi connectivity index (χ0v) is 10.2. The second-order valence-corrected chi connectivity index (χ2v) is 4.38. The first-order chi connectivity index (χ1) is 8.58. The second kappa shape index (κ2) is 5.46. The first-order valence-corrected chi connectivity index (χ1v) is 5.82. The van der Waals surface area contributed by atoms with E-state index in [1.165, 1.54) is 0 Å². The maximum Gasteiger partial charge on any atom is 0.126 e. The topological polar surface area (TPSA) is 20.2 Å². The molecule has 0 spiro atoms. The van der Waals surface area contributed by atoms with Gasteiger partial charge >= 0.3 is 0 Å². The molecule has 0 aliphatic rings. The number of aliphatic hydroxyl groups excluding tert-OH is 1. The number of hydrogen-bond acceptors (Lipinski definition) is 1. The van der Waals surface area contributed by atoms with Gasteiger partial charge < -0.3 is 5.11 Å². The van der Waals surface area contributed by atoms with Crippen LogP contribution in [0, 0.1) is 11.6 Å². The van der Waals surface area contributed by atoms with Gasteiger partial charge in [-0.2, -0.15) is 0 Å². The van der Waals surface area contributed by atoms with Crippen LogP contribution in [0.3, 0.4) is 0 Å². The van der Waals surface area contributed by atoms with Gasteiger partial charge in [0.25, 0.3) is 0 Å². The molecule has 2 rings (SSSR count). The zero-order valence-electron chi connectivity index (χ0n) is 9.41. The second-order valence-electron chi connectivity index (χ2n) is 3.98. The van der Waals surface area contributed by atoms with Crippen molar-refractivity contribution in [1.82, 2.24) is 0 Å². The van der Waals surface area contributed by atoms with Gasteiger partial charge in [-0.3, -0.25) is 0 Å². The lowest BCUT2D eigenvalue weighted by atomic mass is 10.0. The molecule has 0 saturated carbocycles. The molecule has 1 unspecified atom stereocenters. The highest BCUT2D eigenvalue weighted by atomic mass is 35.5. The number of halogens is 3. The first-order valence-electron chi connectivity index (χ1n) is 5.44. The van der Waals surface area contributed by atoms with Gasteiger partial charge in [0.15, 0.2) is 0 Å². The van der Waals surface area contributed by atoms with Gasteiger partial charge in [-0.05, 0) is 35.4 Å². The molecule has 0 aromatic heterocycles. The average molecular weight is 269 g/mol. The Morgan fingerprint density at radius 1 is 1.11 bits per heavy atom. The SMILES string of the molecule is OC(Cc1cc(F)ccc1F)c1ccccc1Cl. The fourth-order valence-corrected chi connectivity index (χ4v) is 2.03. The number of benzene rings is 2. The molecule has 0 bridgehead atoms. The summed E-state index contributed by atoms with van der Waals surface area (Å²) >= 11 is 5.93. The number of hydrogen-bond donors (Lipinski definition) is 1. The van der Waals surface area contributed by atoms with E-state index in [0.717, 1.165) is 18.2 Å². The molecule has 0 saturated heterocycles. The minimum atomic E-state index is -0.963. The van der Waals surface area contributed by atoms with Crippen LogP contribution in [0.4, 0.5) is 8.78 Å². The summed E-state index contributed by atoms with van der Waals surface area (Å²) in [5.41, 5.74) is 0.630. The lowest BCUT2D eigenvalue weighted by Crippen LogP contribution is -2.04. The molecule has 4 heteroatoms. The van der Waals surface area contributed by atoms with E-state index in [1.807, 2.05) is 0 Å². The predicted molar refractivity (Wildman–Crippen MR) is 66.5 cm³/mol. The molecule has 0 aliphatic heterocycles. The van der Waals surface area contributed by atoms with Crippen molar-refractivity contribution in [2.75, 3.05) is 0 Å². The Hall–Kier alpha value is -1.45. The number of rotatable bonds is 3. The van der Waals surface area contributed by atoms with Crippen LogP contribution < -0.4 is 0 Å². The van der Waals surface area contributed by atoms with Crippen LogP contribution in [-0.4, -0.2) is 5.11 Å². The minimum absolute atomic E-state index is 0.0205. The highest BCUT2D eigenvalue weighted by molar-refractivity contribution is 6.31. The third kappa shape index (κ3) is 2.86. The fraction of sp³-hybridized carbons (Fsp3) is 0.143.